The summed E-state index contributed by atoms with van der Waals surface area (Å²) in [7, 11) is 0. The van der Waals surface area contributed by atoms with Gasteiger partial charge >= 0.3 is 5.00 Å². The molecule has 0 atom stereocenters. The first-order valence-electron chi connectivity index (χ1n) is 4.42. The van der Waals surface area contributed by atoms with Gasteiger partial charge in [0.15, 0.2) is 0 Å². The molecule has 0 saturated carbocycles. The fraction of sp³-hybridized carbons (Fsp3) is 0. The summed E-state index contributed by atoms with van der Waals surface area (Å²) in [5.74, 6) is 0. The van der Waals surface area contributed by atoms with Crippen LogP contribution in [0.3, 0.4) is 0 Å². The van der Waals surface area contributed by atoms with Gasteiger partial charge in [-0.25, -0.2) is 0 Å². The number of hydrogen-bond donors (Lipinski definition) is 1. The van der Waals surface area contributed by atoms with E-state index < -0.39 is 0 Å². The second kappa shape index (κ2) is 4.54. The maximum absolute atomic E-state index is 10.7. The van der Waals surface area contributed by atoms with E-state index in [1.165, 1.54) is 11.8 Å². The van der Waals surface area contributed by atoms with E-state index >= 15 is 0 Å². The van der Waals surface area contributed by atoms with Gasteiger partial charge < -0.3 is 5.73 Å². The van der Waals surface area contributed by atoms with Crippen LogP contribution in [0.1, 0.15) is 0 Å². The van der Waals surface area contributed by atoms with Gasteiger partial charge in [0.25, 0.3) is 0 Å². The highest BCUT2D eigenvalue weighted by Gasteiger charge is 2.15. The van der Waals surface area contributed by atoms with Gasteiger partial charge in [0.1, 0.15) is 4.90 Å². The predicted molar refractivity (Wildman–Crippen MR) is 66.0 cm³/mol. The molecule has 2 N–H and O–H groups in total. The van der Waals surface area contributed by atoms with Crippen LogP contribution in [0.4, 0.5) is 10.7 Å². The van der Waals surface area contributed by atoms with Gasteiger partial charge in [-0.3, -0.25) is 10.1 Å². The van der Waals surface area contributed by atoms with Gasteiger partial charge in [-0.1, -0.05) is 23.1 Å². The molecule has 0 unspecified atom stereocenters. The van der Waals surface area contributed by atoms with E-state index in [1.54, 1.807) is 23.6 Å². The van der Waals surface area contributed by atoms with Crippen molar-refractivity contribution < 1.29 is 4.92 Å². The first-order chi connectivity index (χ1) is 7.66. The zero-order valence-electron chi connectivity index (χ0n) is 8.12. The Labute approximate surface area is 100 Å². The molecular weight excluding hydrogens is 244 g/mol. The number of nitrogens with zero attached hydrogens (tertiary/aromatic N) is 1. The molecule has 1 heterocycles. The van der Waals surface area contributed by atoms with E-state index in [4.69, 9.17) is 5.73 Å². The number of hydrogen-bond acceptors (Lipinski definition) is 5. The Morgan fingerprint density at radius 3 is 2.56 bits per heavy atom. The maximum Gasteiger partial charge on any atom is 0.337 e. The Kier molecular flexibility index (Phi) is 3.12. The Balaban J connectivity index is 2.23. The van der Waals surface area contributed by atoms with Crippen molar-refractivity contribution in [3.63, 3.8) is 0 Å². The standard InChI is InChI=1S/C10H8N2O2S2/c11-7-1-3-8(4-2-7)16-9-5-6-15-10(9)12(13)14/h1-6H,11H2. The summed E-state index contributed by atoms with van der Waals surface area (Å²) in [6, 6.07) is 9.01. The summed E-state index contributed by atoms with van der Waals surface area (Å²) in [4.78, 5) is 12.0. The minimum atomic E-state index is -0.357. The van der Waals surface area contributed by atoms with Crippen LogP contribution in [0.25, 0.3) is 0 Å². The fourth-order valence-corrected chi connectivity index (χ4v) is 2.95. The molecule has 1 aromatic heterocycles. The molecule has 0 saturated heterocycles. The Bertz CT molecular complexity index is 508. The largest absolute Gasteiger partial charge is 0.399 e. The van der Waals surface area contributed by atoms with Crippen LogP contribution in [0.5, 0.6) is 0 Å². The average molecular weight is 252 g/mol. The van der Waals surface area contributed by atoms with Crippen molar-refractivity contribution in [1.29, 1.82) is 0 Å². The van der Waals surface area contributed by atoms with Crippen molar-refractivity contribution >= 4 is 33.8 Å². The van der Waals surface area contributed by atoms with Gasteiger partial charge in [0.2, 0.25) is 0 Å². The van der Waals surface area contributed by atoms with E-state index in [-0.39, 0.29) is 9.92 Å². The lowest BCUT2D eigenvalue weighted by Crippen LogP contribution is -1.85. The van der Waals surface area contributed by atoms with Crippen LogP contribution in [0.2, 0.25) is 0 Å². The SMILES string of the molecule is Nc1ccc(Sc2ccsc2[N+](=O)[O-])cc1. The summed E-state index contributed by atoms with van der Waals surface area (Å²) in [6.45, 7) is 0. The summed E-state index contributed by atoms with van der Waals surface area (Å²) < 4.78 is 0. The van der Waals surface area contributed by atoms with Crippen molar-refractivity contribution in [3.05, 3.63) is 45.8 Å². The van der Waals surface area contributed by atoms with Crippen LogP contribution >= 0.6 is 23.1 Å². The lowest BCUT2D eigenvalue weighted by Gasteiger charge is -1.99. The molecule has 0 amide bonds. The number of rotatable bonds is 3. The third-order valence-corrected chi connectivity index (χ3v) is 3.93. The van der Waals surface area contributed by atoms with Crippen molar-refractivity contribution in [2.75, 3.05) is 5.73 Å². The maximum atomic E-state index is 10.7. The summed E-state index contributed by atoms with van der Waals surface area (Å²) >= 11 is 2.51. The van der Waals surface area contributed by atoms with Crippen LogP contribution in [0, 0.1) is 10.1 Å². The Hall–Kier alpha value is -1.53. The van der Waals surface area contributed by atoms with Crippen LogP contribution in [-0.4, -0.2) is 4.92 Å². The molecule has 6 heteroatoms. The fourth-order valence-electron chi connectivity index (χ4n) is 1.16. The number of nitrogens with two attached hydrogens (primary N) is 1. The van der Waals surface area contributed by atoms with Crippen molar-refractivity contribution in [1.82, 2.24) is 0 Å². The third kappa shape index (κ3) is 2.34. The molecule has 0 fully saturated rings. The predicted octanol–water partition coefficient (Wildman–Crippen LogP) is 3.39. The zero-order chi connectivity index (χ0) is 11.5. The highest BCUT2D eigenvalue weighted by atomic mass is 32.2. The minimum Gasteiger partial charge on any atom is -0.399 e. The molecular formula is C10H8N2O2S2. The quantitative estimate of drug-likeness (QED) is 0.516. The van der Waals surface area contributed by atoms with E-state index in [9.17, 15) is 10.1 Å². The number of nitrogen functional groups attached to an aromatic ring is 1. The molecule has 16 heavy (non-hydrogen) atoms. The second-order valence-corrected chi connectivity index (χ2v) is 5.03. The second-order valence-electron chi connectivity index (χ2n) is 3.02. The minimum absolute atomic E-state index is 0.182. The lowest BCUT2D eigenvalue weighted by molar-refractivity contribution is -0.382. The molecule has 1 aromatic carbocycles. The number of thiophene rings is 1. The molecule has 0 spiro atoms. The molecule has 4 nitrogen and oxygen atoms in total. The van der Waals surface area contributed by atoms with Crippen molar-refractivity contribution in [3.8, 4) is 0 Å². The highest BCUT2D eigenvalue weighted by molar-refractivity contribution is 7.99. The molecule has 0 aliphatic rings. The van der Waals surface area contributed by atoms with E-state index in [0.29, 0.717) is 10.6 Å². The first-order valence-corrected chi connectivity index (χ1v) is 6.12. The van der Waals surface area contributed by atoms with Gasteiger partial charge in [-0.15, -0.1) is 0 Å². The molecule has 2 rings (SSSR count). The van der Waals surface area contributed by atoms with Crippen LogP contribution < -0.4 is 5.73 Å². The number of anilines is 1. The van der Waals surface area contributed by atoms with Gasteiger partial charge in [0, 0.05) is 10.6 Å². The molecule has 0 aliphatic carbocycles. The molecule has 2 aromatic rings. The van der Waals surface area contributed by atoms with E-state index in [2.05, 4.69) is 0 Å². The van der Waals surface area contributed by atoms with Gasteiger partial charge in [0.05, 0.1) is 4.92 Å². The average Bonchev–Trinajstić information content (AvgIpc) is 2.69. The summed E-state index contributed by atoms with van der Waals surface area (Å²) in [6.07, 6.45) is 0. The third-order valence-electron chi connectivity index (χ3n) is 1.88. The summed E-state index contributed by atoms with van der Waals surface area (Å²) in [5, 5.41) is 12.6. The topological polar surface area (TPSA) is 69.2 Å². The van der Waals surface area contributed by atoms with Crippen molar-refractivity contribution in [2.45, 2.75) is 9.79 Å². The summed E-state index contributed by atoms with van der Waals surface area (Å²) in [5.41, 5.74) is 6.25. The van der Waals surface area contributed by atoms with Crippen LogP contribution in [0.15, 0.2) is 45.5 Å². The molecule has 0 bridgehead atoms. The van der Waals surface area contributed by atoms with Gasteiger partial charge in [-0.2, -0.15) is 0 Å². The normalized spacial score (nSPS) is 10.2. The first kappa shape index (κ1) is 11.0. The molecule has 0 aliphatic heterocycles. The smallest absolute Gasteiger partial charge is 0.337 e. The Morgan fingerprint density at radius 1 is 1.25 bits per heavy atom. The van der Waals surface area contributed by atoms with Crippen LogP contribution in [-0.2, 0) is 0 Å². The zero-order valence-corrected chi connectivity index (χ0v) is 9.75. The van der Waals surface area contributed by atoms with Crippen molar-refractivity contribution in [2.24, 2.45) is 0 Å². The lowest BCUT2D eigenvalue weighted by atomic mass is 10.3. The highest BCUT2D eigenvalue weighted by Crippen LogP contribution is 2.38. The van der Waals surface area contributed by atoms with E-state index in [1.807, 2.05) is 12.1 Å². The number of nitro groups is 1. The van der Waals surface area contributed by atoms with E-state index in [0.717, 1.165) is 16.2 Å². The monoisotopic (exact) mass is 252 g/mol. The number of benzene rings is 1. The molecule has 0 radical (unpaired) electrons. The Morgan fingerprint density at radius 2 is 1.94 bits per heavy atom. The molecule has 82 valence electrons. The van der Waals surface area contributed by atoms with Gasteiger partial charge in [-0.05, 0) is 35.7 Å².